The minimum Gasteiger partial charge on any atom is -0.391 e. The van der Waals surface area contributed by atoms with Crippen molar-refractivity contribution < 1.29 is 9.84 Å². The Balaban J connectivity index is 1.89. The molecule has 2 unspecified atom stereocenters. The molecule has 0 amide bonds. The Morgan fingerprint density at radius 1 is 1.18 bits per heavy atom. The number of nitrogens with zero attached hydrogens (tertiary/aromatic N) is 1. The molecule has 17 heavy (non-hydrogen) atoms. The van der Waals surface area contributed by atoms with Gasteiger partial charge >= 0.3 is 0 Å². The molecule has 1 N–H and O–H groups in total. The molecule has 0 spiro atoms. The van der Waals surface area contributed by atoms with Gasteiger partial charge < -0.3 is 9.84 Å². The maximum atomic E-state index is 10.1. The molecule has 3 nitrogen and oxygen atoms in total. The van der Waals surface area contributed by atoms with Crippen molar-refractivity contribution in [3.05, 3.63) is 0 Å². The fourth-order valence-electron chi connectivity index (χ4n) is 3.16. The zero-order valence-electron chi connectivity index (χ0n) is 11.5. The first-order chi connectivity index (χ1) is 7.99. The molecular formula is C14H27NO2. The molecule has 1 heterocycles. The summed E-state index contributed by atoms with van der Waals surface area (Å²) < 4.78 is 5.50. The minimum atomic E-state index is -0.205. The topological polar surface area (TPSA) is 32.7 Å². The lowest BCUT2D eigenvalue weighted by Gasteiger charge is -2.44. The average Bonchev–Trinajstić information content (AvgIpc) is 2.29. The van der Waals surface area contributed by atoms with Crippen LogP contribution >= 0.6 is 0 Å². The highest BCUT2D eigenvalue weighted by atomic mass is 16.5. The van der Waals surface area contributed by atoms with Crippen molar-refractivity contribution >= 4 is 0 Å². The molecule has 1 aliphatic heterocycles. The summed E-state index contributed by atoms with van der Waals surface area (Å²) in [6, 6.07) is 0.833. The van der Waals surface area contributed by atoms with E-state index in [1.165, 1.54) is 25.7 Å². The van der Waals surface area contributed by atoms with Crippen molar-refractivity contribution in [3.63, 3.8) is 0 Å². The summed E-state index contributed by atoms with van der Waals surface area (Å²) in [6.45, 7) is 6.13. The van der Waals surface area contributed by atoms with E-state index in [1.54, 1.807) is 0 Å². The van der Waals surface area contributed by atoms with Crippen LogP contribution in [0.15, 0.2) is 0 Å². The van der Waals surface area contributed by atoms with Gasteiger partial charge in [0.1, 0.15) is 0 Å². The zero-order chi connectivity index (χ0) is 12.5. The predicted molar refractivity (Wildman–Crippen MR) is 69.0 cm³/mol. The number of hydrogen-bond acceptors (Lipinski definition) is 3. The number of ether oxygens (including phenoxy) is 1. The highest BCUT2D eigenvalue weighted by molar-refractivity contribution is 4.88. The molecule has 1 saturated carbocycles. The van der Waals surface area contributed by atoms with Crippen molar-refractivity contribution in [2.75, 3.05) is 20.3 Å². The highest BCUT2D eigenvalue weighted by Gasteiger charge is 2.35. The van der Waals surface area contributed by atoms with E-state index in [2.05, 4.69) is 25.8 Å². The van der Waals surface area contributed by atoms with Gasteiger partial charge in [-0.2, -0.15) is 0 Å². The molecule has 2 rings (SSSR count). The van der Waals surface area contributed by atoms with E-state index >= 15 is 0 Å². The Morgan fingerprint density at radius 3 is 2.41 bits per heavy atom. The lowest BCUT2D eigenvalue weighted by Crippen LogP contribution is -2.52. The first kappa shape index (κ1) is 13.3. The first-order valence-corrected chi connectivity index (χ1v) is 6.97. The third kappa shape index (κ3) is 3.21. The lowest BCUT2D eigenvalue weighted by molar-refractivity contribution is -0.0716. The predicted octanol–water partition coefficient (Wildman–Crippen LogP) is 2.04. The number of rotatable bonds is 2. The van der Waals surface area contributed by atoms with Gasteiger partial charge in [0.25, 0.3) is 0 Å². The third-order valence-corrected chi connectivity index (χ3v) is 4.70. The van der Waals surface area contributed by atoms with Crippen LogP contribution in [0.1, 0.15) is 46.0 Å². The van der Waals surface area contributed by atoms with Crippen LogP contribution in [0.3, 0.4) is 0 Å². The van der Waals surface area contributed by atoms with E-state index in [9.17, 15) is 5.11 Å². The lowest BCUT2D eigenvalue weighted by atomic mass is 9.75. The fourth-order valence-corrected chi connectivity index (χ4v) is 3.16. The summed E-state index contributed by atoms with van der Waals surface area (Å²) in [5.74, 6) is 0. The van der Waals surface area contributed by atoms with Gasteiger partial charge in [-0.15, -0.1) is 0 Å². The Morgan fingerprint density at radius 2 is 1.82 bits per heavy atom. The van der Waals surface area contributed by atoms with Gasteiger partial charge in [0.05, 0.1) is 18.8 Å². The van der Waals surface area contributed by atoms with E-state index in [-0.39, 0.29) is 12.1 Å². The first-order valence-electron chi connectivity index (χ1n) is 6.97. The van der Waals surface area contributed by atoms with Gasteiger partial charge in [-0.05, 0) is 44.6 Å². The molecule has 2 atom stereocenters. The second kappa shape index (κ2) is 5.25. The molecule has 2 fully saturated rings. The normalized spacial score (nSPS) is 35.1. The van der Waals surface area contributed by atoms with Crippen LogP contribution in [0, 0.1) is 5.41 Å². The van der Waals surface area contributed by atoms with Gasteiger partial charge in [-0.3, -0.25) is 4.90 Å². The largest absolute Gasteiger partial charge is 0.391 e. The molecular weight excluding hydrogens is 214 g/mol. The smallest absolute Gasteiger partial charge is 0.0739 e. The van der Waals surface area contributed by atoms with Crippen LogP contribution in [0.4, 0.5) is 0 Å². The van der Waals surface area contributed by atoms with Crippen LogP contribution in [-0.4, -0.2) is 48.5 Å². The molecule has 100 valence electrons. The van der Waals surface area contributed by atoms with Gasteiger partial charge in [0, 0.05) is 12.6 Å². The Kier molecular flexibility index (Phi) is 4.11. The van der Waals surface area contributed by atoms with E-state index < -0.39 is 0 Å². The van der Waals surface area contributed by atoms with Crippen LogP contribution in [0.2, 0.25) is 0 Å². The summed E-state index contributed by atoms with van der Waals surface area (Å²) in [4.78, 5) is 2.37. The summed E-state index contributed by atoms with van der Waals surface area (Å²) >= 11 is 0. The Labute approximate surface area is 105 Å². The SMILES string of the molecule is CN(C1CCC(C)(C)CC1)C1COCCC1O. The number of likely N-dealkylation sites (N-methyl/N-ethyl adjacent to an activating group) is 1. The second-order valence-corrected chi connectivity index (χ2v) is 6.56. The quantitative estimate of drug-likeness (QED) is 0.803. The molecule has 0 bridgehead atoms. The monoisotopic (exact) mass is 241 g/mol. The van der Waals surface area contributed by atoms with Gasteiger partial charge in [0.2, 0.25) is 0 Å². The van der Waals surface area contributed by atoms with E-state index in [1.807, 2.05) is 0 Å². The van der Waals surface area contributed by atoms with Crippen molar-refractivity contribution in [1.29, 1.82) is 0 Å². The van der Waals surface area contributed by atoms with Gasteiger partial charge in [-0.25, -0.2) is 0 Å². The Hall–Kier alpha value is -0.120. The molecule has 1 aliphatic carbocycles. The fraction of sp³-hybridized carbons (Fsp3) is 1.00. The van der Waals surface area contributed by atoms with E-state index in [0.717, 1.165) is 6.42 Å². The molecule has 1 saturated heterocycles. The zero-order valence-corrected chi connectivity index (χ0v) is 11.5. The summed E-state index contributed by atoms with van der Waals surface area (Å²) in [6.07, 6.45) is 5.69. The standard InChI is InChI=1S/C14H27NO2/c1-14(2)7-4-11(5-8-14)15(3)12-10-17-9-6-13(12)16/h11-13,16H,4-10H2,1-3H3. The third-order valence-electron chi connectivity index (χ3n) is 4.70. The van der Waals surface area contributed by atoms with Crippen molar-refractivity contribution in [3.8, 4) is 0 Å². The van der Waals surface area contributed by atoms with Crippen LogP contribution < -0.4 is 0 Å². The second-order valence-electron chi connectivity index (χ2n) is 6.56. The maximum Gasteiger partial charge on any atom is 0.0739 e. The number of aliphatic hydroxyl groups excluding tert-OH is 1. The molecule has 0 radical (unpaired) electrons. The summed E-state index contributed by atoms with van der Waals surface area (Å²) in [7, 11) is 2.16. The summed E-state index contributed by atoms with van der Waals surface area (Å²) in [5.41, 5.74) is 0.513. The maximum absolute atomic E-state index is 10.1. The van der Waals surface area contributed by atoms with Gasteiger partial charge in [0.15, 0.2) is 0 Å². The van der Waals surface area contributed by atoms with Crippen LogP contribution in [0.25, 0.3) is 0 Å². The highest BCUT2D eigenvalue weighted by Crippen LogP contribution is 2.37. The molecule has 2 aliphatic rings. The van der Waals surface area contributed by atoms with Crippen molar-refractivity contribution in [1.82, 2.24) is 4.90 Å². The van der Waals surface area contributed by atoms with E-state index in [4.69, 9.17) is 4.74 Å². The molecule has 0 aromatic carbocycles. The molecule has 0 aromatic rings. The molecule has 3 heteroatoms. The van der Waals surface area contributed by atoms with E-state index in [0.29, 0.717) is 24.7 Å². The Bertz CT molecular complexity index is 245. The van der Waals surface area contributed by atoms with Crippen LogP contribution in [-0.2, 0) is 4.74 Å². The number of hydrogen-bond donors (Lipinski definition) is 1. The van der Waals surface area contributed by atoms with Gasteiger partial charge in [-0.1, -0.05) is 13.8 Å². The average molecular weight is 241 g/mol. The van der Waals surface area contributed by atoms with Crippen molar-refractivity contribution in [2.45, 2.75) is 64.1 Å². The summed E-state index contributed by atoms with van der Waals surface area (Å²) in [5, 5.41) is 10.1. The minimum absolute atomic E-state index is 0.204. The molecule has 0 aromatic heterocycles. The van der Waals surface area contributed by atoms with Crippen LogP contribution in [0.5, 0.6) is 0 Å². The van der Waals surface area contributed by atoms with Crippen molar-refractivity contribution in [2.24, 2.45) is 5.41 Å². The number of aliphatic hydroxyl groups is 1.